The van der Waals surface area contributed by atoms with Crippen LogP contribution in [-0.4, -0.2) is 27.3 Å². The fourth-order valence-electron chi connectivity index (χ4n) is 3.05. The molecule has 2 aliphatic rings. The number of rotatable bonds is 6. The standard InChI is InChI=1S/C16H25N3O3/c1-10(2)12(20)9-13(21)18-16(7-3-4-8-16)15-17-14(22-19-15)11-5-6-11/h10-12,20H,3-9H2,1-2H3,(H,18,21). The lowest BCUT2D eigenvalue weighted by atomic mass is 9.95. The fraction of sp³-hybridized carbons (Fsp3) is 0.812. The SMILES string of the molecule is CC(C)C(O)CC(=O)NC1(c2noc(C3CC3)n2)CCCC1. The maximum absolute atomic E-state index is 12.3. The van der Waals surface area contributed by atoms with E-state index in [-0.39, 0.29) is 18.2 Å². The van der Waals surface area contributed by atoms with Crippen LogP contribution in [0.25, 0.3) is 0 Å². The van der Waals surface area contributed by atoms with E-state index in [2.05, 4.69) is 15.5 Å². The number of nitrogens with one attached hydrogen (secondary N) is 1. The normalized spacial score (nSPS) is 22.0. The number of aromatic nitrogens is 2. The number of carbonyl (C=O) groups is 1. The van der Waals surface area contributed by atoms with Crippen molar-refractivity contribution in [3.8, 4) is 0 Å². The third-order valence-electron chi connectivity index (χ3n) is 4.80. The second kappa shape index (κ2) is 5.99. The van der Waals surface area contributed by atoms with Crippen LogP contribution in [0.5, 0.6) is 0 Å². The summed E-state index contributed by atoms with van der Waals surface area (Å²) < 4.78 is 5.37. The summed E-state index contributed by atoms with van der Waals surface area (Å²) in [5.41, 5.74) is -0.510. The van der Waals surface area contributed by atoms with Crippen LogP contribution in [0.3, 0.4) is 0 Å². The van der Waals surface area contributed by atoms with Gasteiger partial charge in [-0.25, -0.2) is 0 Å². The van der Waals surface area contributed by atoms with Crippen molar-refractivity contribution in [2.24, 2.45) is 5.92 Å². The predicted molar refractivity (Wildman–Crippen MR) is 80.0 cm³/mol. The molecule has 0 spiro atoms. The van der Waals surface area contributed by atoms with Gasteiger partial charge in [0.1, 0.15) is 5.54 Å². The molecule has 0 aromatic carbocycles. The molecule has 1 amide bonds. The third-order valence-corrected chi connectivity index (χ3v) is 4.80. The maximum Gasteiger partial charge on any atom is 0.229 e. The topological polar surface area (TPSA) is 88.2 Å². The number of amides is 1. The van der Waals surface area contributed by atoms with Gasteiger partial charge in [-0.15, -0.1) is 0 Å². The van der Waals surface area contributed by atoms with E-state index in [0.717, 1.165) is 38.5 Å². The Morgan fingerprint density at radius 3 is 2.68 bits per heavy atom. The van der Waals surface area contributed by atoms with Crippen molar-refractivity contribution in [2.45, 2.75) is 76.4 Å². The summed E-state index contributed by atoms with van der Waals surface area (Å²) in [6.07, 6.45) is 5.47. The van der Waals surface area contributed by atoms with E-state index in [4.69, 9.17) is 4.52 Å². The second-order valence-electron chi connectivity index (χ2n) is 7.08. The minimum Gasteiger partial charge on any atom is -0.392 e. The number of aliphatic hydroxyl groups excluding tert-OH is 1. The van der Waals surface area contributed by atoms with Crippen LogP contribution in [0, 0.1) is 5.92 Å². The van der Waals surface area contributed by atoms with E-state index in [0.29, 0.717) is 17.6 Å². The summed E-state index contributed by atoms with van der Waals surface area (Å²) in [4.78, 5) is 16.8. The number of hydrogen-bond acceptors (Lipinski definition) is 5. The Kier molecular flexibility index (Phi) is 4.21. The summed E-state index contributed by atoms with van der Waals surface area (Å²) in [6, 6.07) is 0. The molecule has 0 radical (unpaired) electrons. The Balaban J connectivity index is 1.71. The summed E-state index contributed by atoms with van der Waals surface area (Å²) in [7, 11) is 0. The van der Waals surface area contributed by atoms with Crippen molar-refractivity contribution in [3.05, 3.63) is 11.7 Å². The minimum absolute atomic E-state index is 0.0666. The second-order valence-corrected chi connectivity index (χ2v) is 7.08. The van der Waals surface area contributed by atoms with Crippen molar-refractivity contribution < 1.29 is 14.4 Å². The third kappa shape index (κ3) is 3.16. The molecule has 1 aromatic heterocycles. The van der Waals surface area contributed by atoms with E-state index < -0.39 is 11.6 Å². The van der Waals surface area contributed by atoms with E-state index in [1.165, 1.54) is 0 Å². The molecule has 1 unspecified atom stereocenters. The summed E-state index contributed by atoms with van der Waals surface area (Å²) in [5.74, 6) is 1.66. The van der Waals surface area contributed by atoms with Crippen LogP contribution >= 0.6 is 0 Å². The van der Waals surface area contributed by atoms with E-state index in [9.17, 15) is 9.90 Å². The first-order chi connectivity index (χ1) is 10.5. The van der Waals surface area contributed by atoms with Gasteiger partial charge in [0.25, 0.3) is 0 Å². The van der Waals surface area contributed by atoms with E-state index >= 15 is 0 Å². The lowest BCUT2D eigenvalue weighted by Crippen LogP contribution is -2.45. The maximum atomic E-state index is 12.3. The molecular formula is C16H25N3O3. The smallest absolute Gasteiger partial charge is 0.229 e. The molecule has 0 bridgehead atoms. The van der Waals surface area contributed by atoms with Crippen molar-refractivity contribution in [2.75, 3.05) is 0 Å². The first-order valence-corrected chi connectivity index (χ1v) is 8.33. The van der Waals surface area contributed by atoms with Crippen molar-refractivity contribution >= 4 is 5.91 Å². The molecule has 2 saturated carbocycles. The molecule has 122 valence electrons. The molecule has 2 N–H and O–H groups in total. The van der Waals surface area contributed by atoms with Crippen LogP contribution in [0.1, 0.15) is 76.4 Å². The molecule has 0 aliphatic heterocycles. The van der Waals surface area contributed by atoms with Crippen LogP contribution in [-0.2, 0) is 10.3 Å². The highest BCUT2D eigenvalue weighted by molar-refractivity contribution is 5.77. The molecule has 6 nitrogen and oxygen atoms in total. The molecule has 1 atom stereocenters. The van der Waals surface area contributed by atoms with Gasteiger partial charge in [0.2, 0.25) is 11.8 Å². The molecule has 3 rings (SSSR count). The van der Waals surface area contributed by atoms with Gasteiger partial charge in [0.15, 0.2) is 5.82 Å². The largest absolute Gasteiger partial charge is 0.392 e. The molecule has 0 saturated heterocycles. The highest BCUT2D eigenvalue weighted by atomic mass is 16.5. The Morgan fingerprint density at radius 1 is 1.41 bits per heavy atom. The van der Waals surface area contributed by atoms with Crippen molar-refractivity contribution in [1.82, 2.24) is 15.5 Å². The summed E-state index contributed by atoms with van der Waals surface area (Å²) in [6.45, 7) is 3.81. The van der Waals surface area contributed by atoms with Crippen LogP contribution in [0.2, 0.25) is 0 Å². The lowest BCUT2D eigenvalue weighted by Gasteiger charge is -2.27. The van der Waals surface area contributed by atoms with Crippen molar-refractivity contribution in [1.29, 1.82) is 0 Å². The number of nitrogens with zero attached hydrogens (tertiary/aromatic N) is 2. The number of aliphatic hydroxyl groups is 1. The monoisotopic (exact) mass is 307 g/mol. The molecular weight excluding hydrogens is 282 g/mol. The van der Waals surface area contributed by atoms with Gasteiger partial charge in [-0.2, -0.15) is 4.98 Å². The van der Waals surface area contributed by atoms with Crippen LogP contribution < -0.4 is 5.32 Å². The Labute approximate surface area is 130 Å². The van der Waals surface area contributed by atoms with Crippen LogP contribution in [0.4, 0.5) is 0 Å². The first kappa shape index (κ1) is 15.5. The number of carbonyl (C=O) groups excluding carboxylic acids is 1. The Bertz CT molecular complexity index is 530. The van der Waals surface area contributed by atoms with Crippen LogP contribution in [0.15, 0.2) is 4.52 Å². The predicted octanol–water partition coefficient (Wildman–Crippen LogP) is 2.24. The molecule has 2 fully saturated rings. The van der Waals surface area contributed by atoms with Gasteiger partial charge >= 0.3 is 0 Å². The molecule has 22 heavy (non-hydrogen) atoms. The Morgan fingerprint density at radius 2 is 2.09 bits per heavy atom. The van der Waals surface area contributed by atoms with Gasteiger partial charge in [-0.3, -0.25) is 4.79 Å². The van der Waals surface area contributed by atoms with Gasteiger partial charge in [-0.05, 0) is 31.6 Å². The molecule has 2 aliphatic carbocycles. The average Bonchev–Trinajstić information content (AvgIpc) is 3.00. The zero-order chi connectivity index (χ0) is 15.7. The minimum atomic E-state index is -0.620. The van der Waals surface area contributed by atoms with Gasteiger partial charge in [0, 0.05) is 5.92 Å². The Hall–Kier alpha value is -1.43. The first-order valence-electron chi connectivity index (χ1n) is 8.33. The quantitative estimate of drug-likeness (QED) is 0.841. The highest BCUT2D eigenvalue weighted by Crippen LogP contribution is 2.42. The zero-order valence-electron chi connectivity index (χ0n) is 13.3. The lowest BCUT2D eigenvalue weighted by molar-refractivity contribution is -0.125. The van der Waals surface area contributed by atoms with Gasteiger partial charge < -0.3 is 14.9 Å². The molecule has 6 heteroatoms. The average molecular weight is 307 g/mol. The van der Waals surface area contributed by atoms with E-state index in [1.54, 1.807) is 0 Å². The molecule has 1 aromatic rings. The fourth-order valence-corrected chi connectivity index (χ4v) is 3.05. The summed E-state index contributed by atoms with van der Waals surface area (Å²) >= 11 is 0. The highest BCUT2D eigenvalue weighted by Gasteiger charge is 2.42. The van der Waals surface area contributed by atoms with E-state index in [1.807, 2.05) is 13.8 Å². The zero-order valence-corrected chi connectivity index (χ0v) is 13.3. The van der Waals surface area contributed by atoms with Gasteiger partial charge in [0.05, 0.1) is 12.5 Å². The summed E-state index contributed by atoms with van der Waals surface area (Å²) in [5, 5.41) is 17.1. The van der Waals surface area contributed by atoms with Crippen molar-refractivity contribution in [3.63, 3.8) is 0 Å². The molecule has 1 heterocycles. The number of hydrogen-bond donors (Lipinski definition) is 2. The van der Waals surface area contributed by atoms with Gasteiger partial charge in [-0.1, -0.05) is 31.8 Å².